The third-order valence-corrected chi connectivity index (χ3v) is 11.4. The van der Waals surface area contributed by atoms with E-state index in [1.165, 1.54) is 23.6 Å². The van der Waals surface area contributed by atoms with Gasteiger partial charge in [-0.1, -0.05) is 25.0 Å². The number of carbonyl (C=O) groups is 1. The second-order valence-corrected chi connectivity index (χ2v) is 15.2. The van der Waals surface area contributed by atoms with Crippen LogP contribution in [-0.4, -0.2) is 67.2 Å². The maximum Gasteiger partial charge on any atom is 0.422 e. The molecule has 0 unspecified atom stereocenters. The van der Waals surface area contributed by atoms with Crippen LogP contribution < -0.4 is 15.0 Å². The summed E-state index contributed by atoms with van der Waals surface area (Å²) in [6.45, 7) is -0.584. The van der Waals surface area contributed by atoms with Gasteiger partial charge >= 0.3 is 6.18 Å². The Balaban J connectivity index is 1.32. The zero-order chi connectivity index (χ0) is 31.8. The standard InChI is InChI=1S/C31H32F3N5O4S2/c32-31(33,34)19-43-25-10-7-21(17-36-25)29-37-26(23-3-1-2-4-24(23)28(40)38-30(18-35)11-12-30)27(44-29)20-5-8-22(9-6-20)39-13-15-45(41,42)16-14-39/h5-10,17,23-24H,1-4,11-16,19H2,(H,38,40)/t23-,24-/m1/s1. The molecule has 1 amide bonds. The number of aromatic nitrogens is 2. The number of ether oxygens (including phenoxy) is 1. The zero-order valence-electron chi connectivity index (χ0n) is 24.3. The molecule has 3 aliphatic rings. The highest BCUT2D eigenvalue weighted by molar-refractivity contribution is 7.91. The molecule has 14 heteroatoms. The van der Waals surface area contributed by atoms with E-state index in [1.807, 2.05) is 29.2 Å². The van der Waals surface area contributed by atoms with Crippen molar-refractivity contribution in [3.8, 4) is 33.0 Å². The molecule has 1 saturated heterocycles. The molecule has 2 saturated carbocycles. The lowest BCUT2D eigenvalue weighted by Crippen LogP contribution is -2.42. The number of pyridine rings is 1. The van der Waals surface area contributed by atoms with Crippen LogP contribution in [0.4, 0.5) is 18.9 Å². The number of alkyl halides is 3. The summed E-state index contributed by atoms with van der Waals surface area (Å²) in [7, 11) is -3.01. The molecule has 6 rings (SSSR count). The minimum Gasteiger partial charge on any atom is -0.468 e. The Kier molecular flexibility index (Phi) is 8.51. The summed E-state index contributed by atoms with van der Waals surface area (Å²) >= 11 is 1.42. The molecule has 2 atom stereocenters. The second kappa shape index (κ2) is 12.2. The fraction of sp³-hybridized carbons (Fsp3) is 0.484. The summed E-state index contributed by atoms with van der Waals surface area (Å²) in [6, 6.07) is 13.1. The van der Waals surface area contributed by atoms with Crippen molar-refractivity contribution in [2.45, 2.75) is 56.2 Å². The van der Waals surface area contributed by atoms with Crippen molar-refractivity contribution in [2.75, 3.05) is 36.1 Å². The van der Waals surface area contributed by atoms with Gasteiger partial charge in [-0.3, -0.25) is 4.79 Å². The van der Waals surface area contributed by atoms with Crippen LogP contribution in [0.2, 0.25) is 0 Å². The second-order valence-electron chi connectivity index (χ2n) is 11.9. The first-order valence-electron chi connectivity index (χ1n) is 14.9. The van der Waals surface area contributed by atoms with E-state index in [1.54, 1.807) is 6.07 Å². The number of thiazole rings is 1. The van der Waals surface area contributed by atoms with Crippen molar-refractivity contribution in [2.24, 2.45) is 5.92 Å². The van der Waals surface area contributed by atoms with Crippen LogP contribution in [0.3, 0.4) is 0 Å². The average Bonchev–Trinajstić information content (AvgIpc) is 3.66. The third-order valence-electron chi connectivity index (χ3n) is 8.64. The number of halogens is 3. The van der Waals surface area contributed by atoms with Crippen LogP contribution in [0.1, 0.15) is 50.1 Å². The fourth-order valence-electron chi connectivity index (χ4n) is 5.95. The summed E-state index contributed by atoms with van der Waals surface area (Å²) < 4.78 is 66.4. The first-order valence-corrected chi connectivity index (χ1v) is 17.5. The van der Waals surface area contributed by atoms with Crippen LogP contribution >= 0.6 is 11.3 Å². The number of benzene rings is 1. The van der Waals surface area contributed by atoms with Crippen molar-refractivity contribution in [1.82, 2.24) is 15.3 Å². The lowest BCUT2D eigenvalue weighted by atomic mass is 9.76. The van der Waals surface area contributed by atoms with Crippen LogP contribution in [0, 0.1) is 17.2 Å². The number of nitrogens with one attached hydrogen (secondary N) is 1. The largest absolute Gasteiger partial charge is 0.468 e. The number of sulfone groups is 1. The smallest absolute Gasteiger partial charge is 0.422 e. The van der Waals surface area contributed by atoms with E-state index >= 15 is 0 Å². The van der Waals surface area contributed by atoms with Gasteiger partial charge in [0.2, 0.25) is 11.8 Å². The summed E-state index contributed by atoms with van der Waals surface area (Å²) in [5.74, 6) is -0.605. The Hall–Kier alpha value is -3.70. The zero-order valence-corrected chi connectivity index (χ0v) is 26.0. The highest BCUT2D eigenvalue weighted by atomic mass is 32.2. The molecule has 2 aliphatic carbocycles. The van der Waals surface area contributed by atoms with Gasteiger partial charge in [-0.05, 0) is 49.4 Å². The van der Waals surface area contributed by atoms with Crippen molar-refractivity contribution in [1.29, 1.82) is 5.26 Å². The molecule has 238 valence electrons. The van der Waals surface area contributed by atoms with E-state index < -0.39 is 28.2 Å². The normalized spacial score (nSPS) is 22.3. The van der Waals surface area contributed by atoms with Gasteiger partial charge in [0.25, 0.3) is 0 Å². The van der Waals surface area contributed by atoms with Gasteiger partial charge in [-0.2, -0.15) is 18.4 Å². The van der Waals surface area contributed by atoms with Gasteiger partial charge in [0.05, 0.1) is 28.1 Å². The topological polar surface area (TPSA) is 125 Å². The van der Waals surface area contributed by atoms with Gasteiger partial charge in [-0.15, -0.1) is 11.3 Å². The lowest BCUT2D eigenvalue weighted by Gasteiger charge is -2.31. The molecule has 1 aromatic carbocycles. The molecule has 3 fully saturated rings. The van der Waals surface area contributed by atoms with Crippen molar-refractivity contribution >= 4 is 32.8 Å². The molecular formula is C31H32F3N5O4S2. The van der Waals surface area contributed by atoms with Crippen LogP contribution in [0.25, 0.3) is 21.0 Å². The van der Waals surface area contributed by atoms with Gasteiger partial charge in [-0.25, -0.2) is 18.4 Å². The number of carbonyl (C=O) groups excluding carboxylic acids is 1. The predicted molar refractivity (Wildman–Crippen MR) is 164 cm³/mol. The van der Waals surface area contributed by atoms with E-state index in [9.17, 15) is 31.6 Å². The average molecular weight is 660 g/mol. The number of hydrogen-bond acceptors (Lipinski definition) is 9. The summed E-state index contributed by atoms with van der Waals surface area (Å²) in [5.41, 5.74) is 2.41. The van der Waals surface area contributed by atoms with E-state index in [4.69, 9.17) is 9.72 Å². The van der Waals surface area contributed by atoms with Crippen molar-refractivity contribution in [3.63, 3.8) is 0 Å². The Morgan fingerprint density at radius 3 is 2.40 bits per heavy atom. The van der Waals surface area contributed by atoms with Crippen molar-refractivity contribution < 1.29 is 31.1 Å². The van der Waals surface area contributed by atoms with E-state index in [2.05, 4.69) is 16.4 Å². The molecule has 1 aliphatic heterocycles. The predicted octanol–water partition coefficient (Wildman–Crippen LogP) is 5.49. The number of rotatable bonds is 8. The molecule has 0 radical (unpaired) electrons. The molecule has 3 aromatic rings. The molecule has 3 heterocycles. The van der Waals surface area contributed by atoms with Crippen LogP contribution in [0.15, 0.2) is 42.6 Å². The Bertz CT molecular complexity index is 1680. The first kappa shape index (κ1) is 31.3. The molecule has 9 nitrogen and oxygen atoms in total. The van der Waals surface area contributed by atoms with E-state index in [0.29, 0.717) is 42.9 Å². The Labute approximate surface area is 263 Å². The molecule has 0 spiro atoms. The molecule has 0 bridgehead atoms. The number of hydrogen-bond donors (Lipinski definition) is 1. The van der Waals surface area contributed by atoms with Gasteiger partial charge < -0.3 is 15.0 Å². The van der Waals surface area contributed by atoms with Gasteiger partial charge in [0, 0.05) is 48.4 Å². The van der Waals surface area contributed by atoms with Gasteiger partial charge in [0.1, 0.15) is 10.5 Å². The number of nitrogens with zero attached hydrogens (tertiary/aromatic N) is 4. The minimum absolute atomic E-state index is 0.114. The molecular weight excluding hydrogens is 628 g/mol. The number of anilines is 1. The first-order chi connectivity index (χ1) is 21.4. The number of amides is 1. The quantitative estimate of drug-likeness (QED) is 0.337. The van der Waals surface area contributed by atoms with Crippen molar-refractivity contribution in [3.05, 3.63) is 48.3 Å². The monoisotopic (exact) mass is 659 g/mol. The lowest BCUT2D eigenvalue weighted by molar-refractivity contribution is -0.154. The summed E-state index contributed by atoms with van der Waals surface area (Å²) in [4.78, 5) is 25.5. The van der Waals surface area contributed by atoms with Crippen LogP contribution in [0.5, 0.6) is 5.88 Å². The summed E-state index contributed by atoms with van der Waals surface area (Å²) in [6.07, 6.45) is 1.48. The van der Waals surface area contributed by atoms with E-state index in [0.717, 1.165) is 41.1 Å². The SMILES string of the molecule is N#CC1(NC(=O)[C@@H]2CCCC[C@H]2c2nc(-c3ccc(OCC(F)(F)F)nc3)sc2-c2ccc(N3CCS(=O)(=O)CC3)cc2)CC1. The highest BCUT2D eigenvalue weighted by Gasteiger charge is 2.47. The van der Waals surface area contributed by atoms with E-state index in [-0.39, 0.29) is 35.1 Å². The fourth-order valence-corrected chi connectivity index (χ4v) is 8.28. The number of nitriles is 1. The Morgan fingerprint density at radius 1 is 1.09 bits per heavy atom. The Morgan fingerprint density at radius 2 is 1.78 bits per heavy atom. The van der Waals surface area contributed by atoms with Gasteiger partial charge in [0.15, 0.2) is 16.4 Å². The summed E-state index contributed by atoms with van der Waals surface area (Å²) in [5, 5.41) is 13.2. The third kappa shape index (κ3) is 7.25. The molecule has 1 N–H and O–H groups in total. The van der Waals surface area contributed by atoms with Crippen LogP contribution in [-0.2, 0) is 14.6 Å². The molecule has 45 heavy (non-hydrogen) atoms. The molecule has 2 aromatic heterocycles. The maximum atomic E-state index is 13.5. The highest BCUT2D eigenvalue weighted by Crippen LogP contribution is 2.46. The minimum atomic E-state index is -4.48. The maximum absolute atomic E-state index is 13.5.